The molecule has 0 aromatic rings. The molecular formula is C13H23NO2. The summed E-state index contributed by atoms with van der Waals surface area (Å²) in [4.78, 5) is 13.9. The molecule has 1 atom stereocenters. The molecule has 1 aliphatic carbocycles. The van der Waals surface area contributed by atoms with E-state index in [0.29, 0.717) is 18.9 Å². The highest BCUT2D eigenvalue weighted by molar-refractivity contribution is 5.82. The standard InChI is InChI=1S/C13H23NO2/c15-12-7-4-9-14(10-8-13(12)16)11-5-2-1-3-6-11/h11,13,16H,1-10H2. The Bertz CT molecular complexity index is 236. The summed E-state index contributed by atoms with van der Waals surface area (Å²) in [5, 5.41) is 9.62. The summed E-state index contributed by atoms with van der Waals surface area (Å²) in [5.74, 6) is 0.0447. The maximum Gasteiger partial charge on any atom is 0.161 e. The fourth-order valence-corrected chi connectivity index (χ4v) is 3.00. The van der Waals surface area contributed by atoms with Crippen LogP contribution in [0.4, 0.5) is 0 Å². The maximum absolute atomic E-state index is 11.4. The highest BCUT2D eigenvalue weighted by atomic mass is 16.3. The number of ketones is 1. The Labute approximate surface area is 97.8 Å². The van der Waals surface area contributed by atoms with Crippen LogP contribution in [-0.4, -0.2) is 41.0 Å². The van der Waals surface area contributed by atoms with Gasteiger partial charge in [-0.05, 0) is 32.2 Å². The lowest BCUT2D eigenvalue weighted by atomic mass is 9.93. The van der Waals surface area contributed by atoms with Crippen LogP contribution in [-0.2, 0) is 4.79 Å². The highest BCUT2D eigenvalue weighted by Crippen LogP contribution is 2.24. The van der Waals surface area contributed by atoms with Crippen molar-refractivity contribution in [2.75, 3.05) is 13.1 Å². The summed E-state index contributed by atoms with van der Waals surface area (Å²) in [6.07, 6.45) is 8.11. The monoisotopic (exact) mass is 225 g/mol. The molecule has 0 aromatic heterocycles. The van der Waals surface area contributed by atoms with Gasteiger partial charge < -0.3 is 10.0 Å². The fraction of sp³-hybridized carbons (Fsp3) is 0.923. The molecule has 3 heteroatoms. The third-order valence-corrected chi connectivity index (χ3v) is 4.02. The third-order valence-electron chi connectivity index (χ3n) is 4.02. The zero-order chi connectivity index (χ0) is 11.4. The summed E-state index contributed by atoms with van der Waals surface area (Å²) in [6, 6.07) is 0.717. The van der Waals surface area contributed by atoms with E-state index in [-0.39, 0.29) is 5.78 Å². The van der Waals surface area contributed by atoms with Crippen LogP contribution in [0, 0.1) is 0 Å². The third kappa shape index (κ3) is 3.05. The van der Waals surface area contributed by atoms with Gasteiger partial charge in [-0.3, -0.25) is 4.79 Å². The SMILES string of the molecule is O=C1CCCN(C2CCCCC2)CCC1O. The second kappa shape index (κ2) is 5.78. The molecule has 1 aliphatic heterocycles. The average Bonchev–Trinajstić information content (AvgIpc) is 2.32. The lowest BCUT2D eigenvalue weighted by Gasteiger charge is -2.35. The van der Waals surface area contributed by atoms with E-state index >= 15 is 0 Å². The quantitative estimate of drug-likeness (QED) is 0.739. The number of aliphatic hydroxyl groups excluding tert-OH is 1. The zero-order valence-electron chi connectivity index (χ0n) is 10.0. The maximum atomic E-state index is 11.4. The minimum atomic E-state index is -0.702. The molecule has 0 amide bonds. The highest BCUT2D eigenvalue weighted by Gasteiger charge is 2.25. The molecule has 0 bridgehead atoms. The Morgan fingerprint density at radius 2 is 1.75 bits per heavy atom. The molecule has 2 aliphatic rings. The largest absolute Gasteiger partial charge is 0.385 e. The number of hydrogen-bond acceptors (Lipinski definition) is 3. The summed E-state index contributed by atoms with van der Waals surface area (Å²) in [7, 11) is 0. The smallest absolute Gasteiger partial charge is 0.161 e. The van der Waals surface area contributed by atoms with E-state index in [4.69, 9.17) is 0 Å². The second-order valence-electron chi connectivity index (χ2n) is 5.20. The molecule has 1 unspecified atom stereocenters. The van der Waals surface area contributed by atoms with Gasteiger partial charge in [-0.15, -0.1) is 0 Å². The van der Waals surface area contributed by atoms with Crippen LogP contribution in [0.15, 0.2) is 0 Å². The van der Waals surface area contributed by atoms with Gasteiger partial charge in [0.05, 0.1) is 0 Å². The molecule has 1 heterocycles. The number of carbonyl (C=O) groups excluding carboxylic acids is 1. The van der Waals surface area contributed by atoms with Crippen molar-refractivity contribution >= 4 is 5.78 Å². The number of carbonyl (C=O) groups is 1. The first-order valence-corrected chi connectivity index (χ1v) is 6.72. The average molecular weight is 225 g/mol. The van der Waals surface area contributed by atoms with E-state index in [2.05, 4.69) is 4.90 Å². The number of Topliss-reactive ketones (excluding diaryl/α,β-unsaturated/α-hetero) is 1. The Morgan fingerprint density at radius 1 is 1.00 bits per heavy atom. The van der Waals surface area contributed by atoms with Crippen LogP contribution < -0.4 is 0 Å². The molecule has 2 fully saturated rings. The van der Waals surface area contributed by atoms with Crippen molar-refractivity contribution in [1.29, 1.82) is 0 Å². The molecule has 2 rings (SSSR count). The molecule has 92 valence electrons. The lowest BCUT2D eigenvalue weighted by Crippen LogP contribution is -2.41. The van der Waals surface area contributed by atoms with Gasteiger partial charge in [0.15, 0.2) is 5.78 Å². The van der Waals surface area contributed by atoms with Crippen molar-refractivity contribution in [2.45, 2.75) is 63.5 Å². The van der Waals surface area contributed by atoms with Crippen LogP contribution in [0.5, 0.6) is 0 Å². The van der Waals surface area contributed by atoms with Gasteiger partial charge in [0.25, 0.3) is 0 Å². The lowest BCUT2D eigenvalue weighted by molar-refractivity contribution is -0.128. The minimum Gasteiger partial charge on any atom is -0.385 e. The van der Waals surface area contributed by atoms with Gasteiger partial charge >= 0.3 is 0 Å². The van der Waals surface area contributed by atoms with Crippen molar-refractivity contribution in [3.05, 3.63) is 0 Å². The van der Waals surface area contributed by atoms with Crippen LogP contribution >= 0.6 is 0 Å². The zero-order valence-corrected chi connectivity index (χ0v) is 10.0. The summed E-state index contributed by atoms with van der Waals surface area (Å²) in [5.41, 5.74) is 0. The number of hydrogen-bond donors (Lipinski definition) is 1. The predicted octanol–water partition coefficient (Wildman–Crippen LogP) is 1.73. The number of nitrogens with zero attached hydrogens (tertiary/aromatic N) is 1. The van der Waals surface area contributed by atoms with E-state index in [1.54, 1.807) is 0 Å². The van der Waals surface area contributed by atoms with Crippen molar-refractivity contribution in [3.8, 4) is 0 Å². The molecule has 0 spiro atoms. The van der Waals surface area contributed by atoms with E-state index in [1.165, 1.54) is 32.1 Å². The Morgan fingerprint density at radius 3 is 2.50 bits per heavy atom. The van der Waals surface area contributed by atoms with E-state index in [9.17, 15) is 9.90 Å². The van der Waals surface area contributed by atoms with Crippen LogP contribution in [0.2, 0.25) is 0 Å². The topological polar surface area (TPSA) is 40.5 Å². The number of likely N-dealkylation sites (tertiary alicyclic amines) is 1. The van der Waals surface area contributed by atoms with Gasteiger partial charge in [0, 0.05) is 19.0 Å². The Hall–Kier alpha value is -0.410. The van der Waals surface area contributed by atoms with Crippen LogP contribution in [0.25, 0.3) is 0 Å². The molecule has 16 heavy (non-hydrogen) atoms. The van der Waals surface area contributed by atoms with Gasteiger partial charge in [-0.1, -0.05) is 19.3 Å². The second-order valence-corrected chi connectivity index (χ2v) is 5.20. The summed E-state index contributed by atoms with van der Waals surface area (Å²) < 4.78 is 0. The van der Waals surface area contributed by atoms with Gasteiger partial charge in [-0.2, -0.15) is 0 Å². The van der Waals surface area contributed by atoms with Gasteiger partial charge in [0.2, 0.25) is 0 Å². The molecule has 0 radical (unpaired) electrons. The first-order chi connectivity index (χ1) is 7.77. The first kappa shape index (κ1) is 12.1. The number of rotatable bonds is 1. The van der Waals surface area contributed by atoms with Crippen molar-refractivity contribution in [1.82, 2.24) is 4.90 Å². The molecule has 1 saturated carbocycles. The number of aliphatic hydroxyl groups is 1. The minimum absolute atomic E-state index is 0.0447. The summed E-state index contributed by atoms with van der Waals surface area (Å²) >= 11 is 0. The Kier molecular flexibility index (Phi) is 4.36. The van der Waals surface area contributed by atoms with Crippen molar-refractivity contribution in [2.24, 2.45) is 0 Å². The van der Waals surface area contributed by atoms with E-state index in [0.717, 1.165) is 19.5 Å². The molecule has 1 N–H and O–H groups in total. The van der Waals surface area contributed by atoms with Crippen LogP contribution in [0.1, 0.15) is 51.4 Å². The van der Waals surface area contributed by atoms with Gasteiger partial charge in [0.1, 0.15) is 6.10 Å². The molecular weight excluding hydrogens is 202 g/mol. The molecule has 1 saturated heterocycles. The van der Waals surface area contributed by atoms with Crippen molar-refractivity contribution < 1.29 is 9.90 Å². The molecule has 3 nitrogen and oxygen atoms in total. The van der Waals surface area contributed by atoms with E-state index < -0.39 is 6.10 Å². The first-order valence-electron chi connectivity index (χ1n) is 6.72. The van der Waals surface area contributed by atoms with E-state index in [1.807, 2.05) is 0 Å². The van der Waals surface area contributed by atoms with Crippen LogP contribution in [0.3, 0.4) is 0 Å². The molecule has 0 aromatic carbocycles. The van der Waals surface area contributed by atoms with Gasteiger partial charge in [-0.25, -0.2) is 0 Å². The van der Waals surface area contributed by atoms with Crippen molar-refractivity contribution in [3.63, 3.8) is 0 Å². The fourth-order valence-electron chi connectivity index (χ4n) is 3.00. The summed E-state index contributed by atoms with van der Waals surface area (Å²) in [6.45, 7) is 1.95. The Balaban J connectivity index is 1.87. The predicted molar refractivity (Wildman–Crippen MR) is 63.3 cm³/mol. The normalized spacial score (nSPS) is 31.1.